The molecule has 3 nitrogen and oxygen atoms in total. The van der Waals surface area contributed by atoms with Gasteiger partial charge < -0.3 is 10.2 Å². The number of benzene rings is 1. The third-order valence-corrected chi connectivity index (χ3v) is 4.03. The first-order valence-electron chi connectivity index (χ1n) is 6.99. The van der Waals surface area contributed by atoms with Crippen LogP contribution in [-0.4, -0.2) is 29.9 Å². The van der Waals surface area contributed by atoms with E-state index in [1.54, 1.807) is 4.90 Å². The fraction of sp³-hybridized carbons (Fsp3) is 0.533. The molecule has 0 aliphatic carbocycles. The van der Waals surface area contributed by atoms with Crippen LogP contribution in [0.5, 0.6) is 0 Å². The van der Waals surface area contributed by atoms with Gasteiger partial charge in [0, 0.05) is 24.7 Å². The van der Waals surface area contributed by atoms with E-state index in [2.05, 4.69) is 5.32 Å². The number of rotatable bonds is 3. The van der Waals surface area contributed by atoms with Crippen LogP contribution in [0.25, 0.3) is 0 Å². The van der Waals surface area contributed by atoms with Crippen molar-refractivity contribution >= 4 is 11.6 Å². The molecule has 1 aliphatic rings. The Bertz CT molecular complexity index is 496. The lowest BCUT2D eigenvalue weighted by Crippen LogP contribution is -2.39. The van der Waals surface area contributed by atoms with Gasteiger partial charge in [-0.15, -0.1) is 0 Å². The maximum atomic E-state index is 13.8. The van der Waals surface area contributed by atoms with E-state index in [1.807, 2.05) is 13.8 Å². The molecule has 1 N–H and O–H groups in total. The van der Waals surface area contributed by atoms with Gasteiger partial charge in [-0.3, -0.25) is 4.79 Å². The Labute approximate surface area is 118 Å². The first-order chi connectivity index (χ1) is 9.49. The van der Waals surface area contributed by atoms with Crippen molar-refractivity contribution in [1.82, 2.24) is 4.90 Å². The lowest BCUT2D eigenvalue weighted by Gasteiger charge is -2.28. The second-order valence-electron chi connectivity index (χ2n) is 5.27. The van der Waals surface area contributed by atoms with Gasteiger partial charge in [0.15, 0.2) is 0 Å². The first kappa shape index (κ1) is 14.8. The summed E-state index contributed by atoms with van der Waals surface area (Å²) in [7, 11) is 1.44. The van der Waals surface area contributed by atoms with E-state index in [0.29, 0.717) is 0 Å². The molecule has 2 rings (SSSR count). The zero-order valence-electron chi connectivity index (χ0n) is 12.0. The van der Waals surface area contributed by atoms with Crippen LogP contribution in [-0.2, 0) is 0 Å². The number of hydrogen-bond acceptors (Lipinski definition) is 2. The van der Waals surface area contributed by atoms with E-state index < -0.39 is 11.6 Å². The monoisotopic (exact) mass is 282 g/mol. The van der Waals surface area contributed by atoms with Crippen LogP contribution in [0.2, 0.25) is 0 Å². The summed E-state index contributed by atoms with van der Waals surface area (Å²) >= 11 is 0. The van der Waals surface area contributed by atoms with Crippen LogP contribution in [0.1, 0.15) is 43.5 Å². The molecule has 2 atom stereocenters. The maximum Gasteiger partial charge on any atom is 0.254 e. The lowest BCUT2D eigenvalue weighted by atomic mass is 10.1. The Morgan fingerprint density at radius 2 is 1.95 bits per heavy atom. The number of halogens is 2. The number of hydrogen-bond donors (Lipinski definition) is 1. The smallest absolute Gasteiger partial charge is 0.254 e. The van der Waals surface area contributed by atoms with Crippen molar-refractivity contribution in [3.05, 3.63) is 29.3 Å². The maximum absolute atomic E-state index is 13.8. The van der Waals surface area contributed by atoms with E-state index in [1.165, 1.54) is 7.05 Å². The first-order valence-corrected chi connectivity index (χ1v) is 6.99. The molecule has 1 heterocycles. The average molecular weight is 282 g/mol. The molecule has 0 bridgehead atoms. The number of nitrogens with zero attached hydrogens (tertiary/aromatic N) is 1. The van der Waals surface area contributed by atoms with Gasteiger partial charge in [-0.1, -0.05) is 6.92 Å². The molecule has 110 valence electrons. The average Bonchev–Trinajstić information content (AvgIpc) is 2.78. The number of carbonyl (C=O) groups excluding carboxylic acids is 1. The van der Waals surface area contributed by atoms with Crippen LogP contribution in [0.3, 0.4) is 0 Å². The van der Waals surface area contributed by atoms with Gasteiger partial charge in [0.25, 0.3) is 5.91 Å². The molecule has 1 aliphatic heterocycles. The molecular formula is C15H20F2N2O. The molecule has 2 unspecified atom stereocenters. The molecular weight excluding hydrogens is 262 g/mol. The summed E-state index contributed by atoms with van der Waals surface area (Å²) < 4.78 is 27.5. The molecule has 1 aromatic rings. The molecule has 1 aromatic carbocycles. The number of anilines is 1. The molecule has 20 heavy (non-hydrogen) atoms. The predicted octanol–water partition coefficient (Wildman–Crippen LogP) is 3.41. The molecule has 0 radical (unpaired) electrons. The van der Waals surface area contributed by atoms with Crippen molar-refractivity contribution in [1.29, 1.82) is 0 Å². The van der Waals surface area contributed by atoms with Crippen molar-refractivity contribution in [2.45, 2.75) is 45.2 Å². The minimum Gasteiger partial charge on any atom is -0.383 e. The quantitative estimate of drug-likeness (QED) is 0.921. The normalized spacial score (nSPS) is 22.1. The Morgan fingerprint density at radius 1 is 1.35 bits per heavy atom. The summed E-state index contributed by atoms with van der Waals surface area (Å²) in [5.41, 5.74) is -0.130. The van der Waals surface area contributed by atoms with E-state index in [0.717, 1.165) is 31.4 Å². The molecule has 1 amide bonds. The highest BCUT2D eigenvalue weighted by molar-refractivity contribution is 5.95. The number of carbonyl (C=O) groups is 1. The predicted molar refractivity (Wildman–Crippen MR) is 74.8 cm³/mol. The van der Waals surface area contributed by atoms with Crippen molar-refractivity contribution in [3.63, 3.8) is 0 Å². The second-order valence-corrected chi connectivity index (χ2v) is 5.27. The second kappa shape index (κ2) is 5.77. The minimum atomic E-state index is -0.740. The summed E-state index contributed by atoms with van der Waals surface area (Å²) in [6.45, 7) is 4.00. The van der Waals surface area contributed by atoms with Gasteiger partial charge in [0.1, 0.15) is 17.3 Å². The van der Waals surface area contributed by atoms with Gasteiger partial charge >= 0.3 is 0 Å². The Balaban J connectivity index is 2.34. The summed E-state index contributed by atoms with van der Waals surface area (Å²) in [5.74, 6) is -1.77. The molecule has 1 saturated heterocycles. The topological polar surface area (TPSA) is 32.3 Å². The molecule has 0 aromatic heterocycles. The third kappa shape index (κ3) is 2.49. The van der Waals surface area contributed by atoms with Crippen molar-refractivity contribution in [2.75, 3.05) is 12.4 Å². The van der Waals surface area contributed by atoms with Crippen molar-refractivity contribution < 1.29 is 13.6 Å². The van der Waals surface area contributed by atoms with Crippen LogP contribution < -0.4 is 5.32 Å². The zero-order chi connectivity index (χ0) is 14.9. The zero-order valence-corrected chi connectivity index (χ0v) is 12.0. The Kier molecular flexibility index (Phi) is 4.26. The highest BCUT2D eigenvalue weighted by Gasteiger charge is 2.34. The fourth-order valence-electron chi connectivity index (χ4n) is 2.92. The van der Waals surface area contributed by atoms with Crippen molar-refractivity contribution in [3.8, 4) is 0 Å². The summed E-state index contributed by atoms with van der Waals surface area (Å²) in [6.07, 6.45) is 2.74. The van der Waals surface area contributed by atoms with Crippen LogP contribution in [0.4, 0.5) is 14.5 Å². The molecule has 1 fully saturated rings. The van der Waals surface area contributed by atoms with Gasteiger partial charge in [0.05, 0.1) is 0 Å². The fourth-order valence-corrected chi connectivity index (χ4v) is 2.92. The largest absolute Gasteiger partial charge is 0.383 e. The van der Waals surface area contributed by atoms with Crippen LogP contribution in [0, 0.1) is 11.6 Å². The van der Waals surface area contributed by atoms with E-state index in [9.17, 15) is 13.6 Å². The van der Waals surface area contributed by atoms with Gasteiger partial charge in [-0.2, -0.15) is 0 Å². The summed E-state index contributed by atoms with van der Waals surface area (Å²) in [5, 5.41) is 2.45. The van der Waals surface area contributed by atoms with Gasteiger partial charge in [-0.05, 0) is 38.3 Å². The van der Waals surface area contributed by atoms with Crippen LogP contribution in [0.15, 0.2) is 12.1 Å². The minimum absolute atomic E-state index is 0.0752. The van der Waals surface area contributed by atoms with Crippen LogP contribution >= 0.6 is 0 Å². The molecule has 5 heteroatoms. The van der Waals surface area contributed by atoms with Gasteiger partial charge in [0.2, 0.25) is 0 Å². The number of nitrogens with one attached hydrogen (secondary N) is 1. The van der Waals surface area contributed by atoms with E-state index >= 15 is 0 Å². The highest BCUT2D eigenvalue weighted by Crippen LogP contribution is 2.29. The summed E-state index contributed by atoms with van der Waals surface area (Å²) in [6, 6.07) is 2.49. The third-order valence-electron chi connectivity index (χ3n) is 4.03. The number of amides is 1. The number of likely N-dealkylation sites (tertiary alicyclic amines) is 1. The lowest BCUT2D eigenvalue weighted by molar-refractivity contribution is 0.0675. The highest BCUT2D eigenvalue weighted by atomic mass is 19.1. The van der Waals surface area contributed by atoms with Crippen molar-refractivity contribution in [2.24, 2.45) is 0 Å². The van der Waals surface area contributed by atoms with E-state index in [-0.39, 0.29) is 29.2 Å². The SMILES string of the molecule is CCC1CCC(C)N1C(=O)c1cc(F)c(NC)c(F)c1. The Morgan fingerprint density at radius 3 is 2.45 bits per heavy atom. The summed E-state index contributed by atoms with van der Waals surface area (Å²) in [4.78, 5) is 14.3. The molecule has 0 saturated carbocycles. The van der Waals surface area contributed by atoms with Gasteiger partial charge in [-0.25, -0.2) is 8.78 Å². The standard InChI is InChI=1S/C15H20F2N2O/c1-4-11-6-5-9(2)19(11)15(20)10-7-12(16)14(18-3)13(17)8-10/h7-9,11,18H,4-6H2,1-3H3. The molecule has 0 spiro atoms. The van der Waals surface area contributed by atoms with E-state index in [4.69, 9.17) is 0 Å². The Hall–Kier alpha value is -1.65.